The highest BCUT2D eigenvalue weighted by atomic mass is 16.5. The summed E-state index contributed by atoms with van der Waals surface area (Å²) < 4.78 is 6.89. The van der Waals surface area contributed by atoms with Crippen molar-refractivity contribution in [3.05, 3.63) is 46.5 Å². The van der Waals surface area contributed by atoms with E-state index in [-0.39, 0.29) is 17.0 Å². The van der Waals surface area contributed by atoms with Crippen molar-refractivity contribution in [2.24, 2.45) is 0 Å². The Morgan fingerprint density at radius 1 is 1.35 bits per heavy atom. The zero-order valence-electron chi connectivity index (χ0n) is 10.8. The van der Waals surface area contributed by atoms with Gasteiger partial charge in [0.2, 0.25) is 5.95 Å². The normalized spacial score (nSPS) is 10.8. The number of nitrogen functional groups attached to an aromatic ring is 1. The number of nitrogens with two attached hydrogens (primary N) is 1. The SMILES string of the molecule is COc1ccc(Cn2cnc3c(=O)[nH]c(N)nc32)cc1. The molecule has 0 spiro atoms. The summed E-state index contributed by atoms with van der Waals surface area (Å²) in [6.07, 6.45) is 1.58. The monoisotopic (exact) mass is 271 g/mol. The predicted molar refractivity (Wildman–Crippen MR) is 74.7 cm³/mol. The maximum absolute atomic E-state index is 11.7. The van der Waals surface area contributed by atoms with Gasteiger partial charge in [0.05, 0.1) is 20.0 Å². The average molecular weight is 271 g/mol. The fourth-order valence-corrected chi connectivity index (χ4v) is 2.01. The molecule has 0 fully saturated rings. The van der Waals surface area contributed by atoms with Gasteiger partial charge in [-0.1, -0.05) is 12.1 Å². The standard InChI is InChI=1S/C13H13N5O2/c1-20-9-4-2-8(3-5-9)6-18-7-15-10-11(18)16-13(14)17-12(10)19/h2-5,7H,6H2,1H3,(H3,14,16,17,19). The highest BCUT2D eigenvalue weighted by molar-refractivity contribution is 5.70. The lowest BCUT2D eigenvalue weighted by molar-refractivity contribution is 0.414. The number of imidazole rings is 1. The Bertz CT molecular complexity index is 804. The molecule has 7 heteroatoms. The number of nitrogens with zero attached hydrogens (tertiary/aromatic N) is 3. The van der Waals surface area contributed by atoms with Gasteiger partial charge in [-0.25, -0.2) is 4.98 Å². The van der Waals surface area contributed by atoms with Crippen molar-refractivity contribution in [1.82, 2.24) is 19.5 Å². The van der Waals surface area contributed by atoms with Crippen molar-refractivity contribution in [2.75, 3.05) is 12.8 Å². The summed E-state index contributed by atoms with van der Waals surface area (Å²) in [6.45, 7) is 0.552. The number of fused-ring (bicyclic) bond motifs is 1. The zero-order chi connectivity index (χ0) is 14.1. The van der Waals surface area contributed by atoms with Crippen molar-refractivity contribution >= 4 is 17.1 Å². The number of ether oxygens (including phenoxy) is 1. The van der Waals surface area contributed by atoms with Crippen LogP contribution in [0.15, 0.2) is 35.4 Å². The van der Waals surface area contributed by atoms with Gasteiger partial charge in [-0.15, -0.1) is 0 Å². The molecule has 102 valence electrons. The van der Waals surface area contributed by atoms with Crippen LogP contribution in [0.1, 0.15) is 5.56 Å². The largest absolute Gasteiger partial charge is 0.497 e. The van der Waals surface area contributed by atoms with Crippen LogP contribution in [0.5, 0.6) is 5.75 Å². The molecule has 0 atom stereocenters. The van der Waals surface area contributed by atoms with E-state index in [9.17, 15) is 4.79 Å². The molecule has 3 N–H and O–H groups in total. The summed E-state index contributed by atoms with van der Waals surface area (Å²) in [7, 11) is 1.62. The lowest BCUT2D eigenvalue weighted by Crippen LogP contribution is -2.12. The van der Waals surface area contributed by atoms with Gasteiger partial charge >= 0.3 is 0 Å². The van der Waals surface area contributed by atoms with Crippen molar-refractivity contribution in [2.45, 2.75) is 6.54 Å². The van der Waals surface area contributed by atoms with Crippen LogP contribution in [0.4, 0.5) is 5.95 Å². The Kier molecular flexibility index (Phi) is 2.86. The van der Waals surface area contributed by atoms with Gasteiger partial charge in [-0.05, 0) is 17.7 Å². The van der Waals surface area contributed by atoms with Gasteiger partial charge in [0, 0.05) is 0 Å². The van der Waals surface area contributed by atoms with Crippen molar-refractivity contribution < 1.29 is 4.74 Å². The second-order valence-corrected chi connectivity index (χ2v) is 4.34. The third kappa shape index (κ3) is 2.09. The van der Waals surface area contributed by atoms with Crippen LogP contribution in [0.25, 0.3) is 11.2 Å². The second-order valence-electron chi connectivity index (χ2n) is 4.34. The van der Waals surface area contributed by atoms with E-state index in [2.05, 4.69) is 15.0 Å². The number of methoxy groups -OCH3 is 1. The summed E-state index contributed by atoms with van der Waals surface area (Å²) in [6, 6.07) is 7.65. The van der Waals surface area contributed by atoms with Crippen LogP contribution in [-0.4, -0.2) is 26.6 Å². The number of hydrogen-bond donors (Lipinski definition) is 2. The smallest absolute Gasteiger partial charge is 0.280 e. The van der Waals surface area contributed by atoms with Gasteiger partial charge in [-0.2, -0.15) is 4.98 Å². The van der Waals surface area contributed by atoms with E-state index in [0.29, 0.717) is 12.2 Å². The Labute approximate surface area is 114 Å². The highest BCUT2D eigenvalue weighted by Crippen LogP contribution is 2.14. The fourth-order valence-electron chi connectivity index (χ4n) is 2.01. The van der Waals surface area contributed by atoms with Crippen LogP contribution in [0.2, 0.25) is 0 Å². The lowest BCUT2D eigenvalue weighted by Gasteiger charge is -2.05. The van der Waals surface area contributed by atoms with E-state index in [0.717, 1.165) is 11.3 Å². The molecule has 0 aliphatic heterocycles. The molecule has 20 heavy (non-hydrogen) atoms. The molecular formula is C13H13N5O2. The molecule has 0 amide bonds. The van der Waals surface area contributed by atoms with E-state index >= 15 is 0 Å². The third-order valence-electron chi connectivity index (χ3n) is 3.01. The molecule has 0 saturated carbocycles. The summed E-state index contributed by atoms with van der Waals surface area (Å²) in [5.41, 5.74) is 7.03. The van der Waals surface area contributed by atoms with E-state index in [4.69, 9.17) is 10.5 Å². The summed E-state index contributed by atoms with van der Waals surface area (Å²) in [5.74, 6) is 0.877. The molecule has 3 rings (SSSR count). The molecular weight excluding hydrogens is 258 g/mol. The molecule has 0 radical (unpaired) electrons. The average Bonchev–Trinajstić information content (AvgIpc) is 2.83. The maximum atomic E-state index is 11.7. The van der Waals surface area contributed by atoms with Gasteiger partial charge < -0.3 is 15.0 Å². The first kappa shape index (κ1) is 12.2. The number of benzene rings is 1. The first-order valence-electron chi connectivity index (χ1n) is 6.01. The predicted octanol–water partition coefficient (Wildman–Crippen LogP) is 0.759. The van der Waals surface area contributed by atoms with E-state index < -0.39 is 0 Å². The zero-order valence-corrected chi connectivity index (χ0v) is 10.8. The number of aromatic amines is 1. The highest BCUT2D eigenvalue weighted by Gasteiger charge is 2.09. The first-order valence-corrected chi connectivity index (χ1v) is 6.01. The molecule has 0 unspecified atom stereocenters. The number of nitrogens with one attached hydrogen (secondary N) is 1. The van der Waals surface area contributed by atoms with Gasteiger partial charge in [0.25, 0.3) is 5.56 Å². The number of hydrogen-bond acceptors (Lipinski definition) is 5. The molecule has 0 bridgehead atoms. The maximum Gasteiger partial charge on any atom is 0.280 e. The molecule has 0 aliphatic rings. The molecule has 1 aromatic carbocycles. The first-order chi connectivity index (χ1) is 9.67. The molecule has 3 aromatic rings. The molecule has 7 nitrogen and oxygen atoms in total. The number of aromatic nitrogens is 4. The number of rotatable bonds is 3. The number of H-pyrrole nitrogens is 1. The molecule has 0 aliphatic carbocycles. The van der Waals surface area contributed by atoms with Crippen LogP contribution in [0, 0.1) is 0 Å². The summed E-state index contributed by atoms with van der Waals surface area (Å²) in [4.78, 5) is 22.3. The van der Waals surface area contributed by atoms with Crippen molar-refractivity contribution in [3.8, 4) is 5.75 Å². The second kappa shape index (κ2) is 4.69. The topological polar surface area (TPSA) is 98.8 Å². The Hall–Kier alpha value is -2.83. The van der Waals surface area contributed by atoms with Gasteiger partial charge in [0.15, 0.2) is 11.2 Å². The van der Waals surface area contributed by atoms with E-state index in [1.54, 1.807) is 18.0 Å². The van der Waals surface area contributed by atoms with E-state index in [1.807, 2.05) is 24.3 Å². The van der Waals surface area contributed by atoms with Crippen LogP contribution >= 0.6 is 0 Å². The van der Waals surface area contributed by atoms with Crippen molar-refractivity contribution in [3.63, 3.8) is 0 Å². The fraction of sp³-hybridized carbons (Fsp3) is 0.154. The lowest BCUT2D eigenvalue weighted by atomic mass is 10.2. The Balaban J connectivity index is 2.00. The van der Waals surface area contributed by atoms with Crippen LogP contribution in [-0.2, 0) is 6.54 Å². The quantitative estimate of drug-likeness (QED) is 0.732. The van der Waals surface area contributed by atoms with Crippen LogP contribution in [0.3, 0.4) is 0 Å². The summed E-state index contributed by atoms with van der Waals surface area (Å²) in [5, 5.41) is 0. The number of anilines is 1. The van der Waals surface area contributed by atoms with Gasteiger partial charge in [-0.3, -0.25) is 9.78 Å². The Morgan fingerprint density at radius 2 is 2.10 bits per heavy atom. The minimum absolute atomic E-state index is 0.0824. The molecule has 0 saturated heterocycles. The third-order valence-corrected chi connectivity index (χ3v) is 3.01. The molecule has 2 heterocycles. The van der Waals surface area contributed by atoms with Gasteiger partial charge in [0.1, 0.15) is 5.75 Å². The van der Waals surface area contributed by atoms with Crippen molar-refractivity contribution in [1.29, 1.82) is 0 Å². The van der Waals surface area contributed by atoms with Crippen LogP contribution < -0.4 is 16.0 Å². The Morgan fingerprint density at radius 3 is 2.80 bits per heavy atom. The van der Waals surface area contributed by atoms with E-state index in [1.165, 1.54) is 0 Å². The molecule has 2 aromatic heterocycles. The summed E-state index contributed by atoms with van der Waals surface area (Å²) >= 11 is 0. The minimum Gasteiger partial charge on any atom is -0.497 e. The minimum atomic E-state index is -0.332.